The number of pyridine rings is 1. The molecule has 28 heavy (non-hydrogen) atoms. The van der Waals surface area contributed by atoms with Crippen molar-refractivity contribution in [1.29, 1.82) is 0 Å². The van der Waals surface area contributed by atoms with E-state index in [1.165, 1.54) is 6.42 Å². The van der Waals surface area contributed by atoms with Gasteiger partial charge in [-0.25, -0.2) is 4.98 Å². The Morgan fingerprint density at radius 1 is 1.29 bits per heavy atom. The van der Waals surface area contributed by atoms with Crippen molar-refractivity contribution < 1.29 is 18.8 Å². The molecule has 1 atom stereocenters. The zero-order valence-corrected chi connectivity index (χ0v) is 16.3. The summed E-state index contributed by atoms with van der Waals surface area (Å²) in [6, 6.07) is 3.55. The fourth-order valence-electron chi connectivity index (χ4n) is 2.43. The number of carbonyl (C=O) groups excluding carboxylic acids is 3. The third-order valence-corrected chi connectivity index (χ3v) is 4.03. The van der Waals surface area contributed by atoms with E-state index in [-0.39, 0.29) is 30.4 Å². The van der Waals surface area contributed by atoms with Crippen molar-refractivity contribution in [3.8, 4) is 11.5 Å². The van der Waals surface area contributed by atoms with E-state index in [0.29, 0.717) is 23.6 Å². The second-order valence-electron chi connectivity index (χ2n) is 7.02. The third kappa shape index (κ3) is 6.00. The van der Waals surface area contributed by atoms with Crippen LogP contribution in [0.5, 0.6) is 0 Å². The summed E-state index contributed by atoms with van der Waals surface area (Å²) >= 11 is 0. The molecule has 8 nitrogen and oxygen atoms in total. The zero-order chi connectivity index (χ0) is 20.7. The maximum atomic E-state index is 12.6. The quantitative estimate of drug-likeness (QED) is 0.602. The topological polar surface area (TPSA) is 128 Å². The predicted octanol–water partition coefficient (Wildman–Crippen LogP) is 1.95. The normalized spacial score (nSPS) is 12.0. The van der Waals surface area contributed by atoms with Crippen LogP contribution in [0.25, 0.3) is 11.5 Å². The van der Waals surface area contributed by atoms with Gasteiger partial charge in [0.25, 0.3) is 0 Å². The lowest BCUT2D eigenvalue weighted by atomic mass is 10.0. The highest BCUT2D eigenvalue weighted by atomic mass is 16.4. The molecule has 2 aromatic rings. The maximum Gasteiger partial charge on any atom is 0.228 e. The third-order valence-electron chi connectivity index (χ3n) is 4.03. The molecule has 2 aromatic heterocycles. The molecule has 0 aliphatic rings. The fraction of sp³-hybridized carbons (Fsp3) is 0.400. The Bertz CT molecular complexity index is 830. The SMILES string of the molecule is CC(C)Cc1nc(-c2cccnc2)oc1C(=O)CNC(=O)[CH]CC(C)C(N)=O. The first-order chi connectivity index (χ1) is 13.3. The lowest BCUT2D eigenvalue weighted by Gasteiger charge is -2.07. The van der Waals surface area contributed by atoms with E-state index in [4.69, 9.17) is 10.2 Å². The van der Waals surface area contributed by atoms with Gasteiger partial charge in [-0.05, 0) is 30.9 Å². The second kappa shape index (κ2) is 9.77. The summed E-state index contributed by atoms with van der Waals surface area (Å²) in [4.78, 5) is 43.9. The van der Waals surface area contributed by atoms with Crippen LogP contribution in [0.3, 0.4) is 0 Å². The molecular weight excluding hydrogens is 360 g/mol. The van der Waals surface area contributed by atoms with E-state index in [0.717, 1.165) is 0 Å². The van der Waals surface area contributed by atoms with Gasteiger partial charge in [-0.3, -0.25) is 19.4 Å². The molecule has 0 saturated heterocycles. The molecule has 0 spiro atoms. The van der Waals surface area contributed by atoms with Crippen molar-refractivity contribution in [2.45, 2.75) is 33.6 Å². The molecule has 0 fully saturated rings. The number of amides is 2. The molecule has 0 aliphatic heterocycles. The maximum absolute atomic E-state index is 12.6. The number of rotatable bonds is 10. The van der Waals surface area contributed by atoms with Gasteiger partial charge in [-0.2, -0.15) is 0 Å². The lowest BCUT2D eigenvalue weighted by Crippen LogP contribution is -2.31. The molecule has 0 saturated carbocycles. The number of nitrogens with zero attached hydrogens (tertiary/aromatic N) is 2. The molecule has 2 heterocycles. The number of carbonyl (C=O) groups is 3. The standard InChI is InChI=1S/C20H25N4O4/c1-12(2)9-15-18(28-20(24-15)14-5-4-8-22-10-14)16(25)11-23-17(26)7-6-13(3)19(21)27/h4-5,7-8,10,12-13H,6,9,11H2,1-3H3,(H2,21,27)(H,23,26). The van der Waals surface area contributed by atoms with Crippen molar-refractivity contribution in [3.63, 3.8) is 0 Å². The number of hydrogen-bond donors (Lipinski definition) is 2. The van der Waals surface area contributed by atoms with Gasteiger partial charge in [-0.15, -0.1) is 0 Å². The number of nitrogens with one attached hydrogen (secondary N) is 1. The van der Waals surface area contributed by atoms with E-state index < -0.39 is 17.7 Å². The van der Waals surface area contributed by atoms with Crippen molar-refractivity contribution in [3.05, 3.63) is 42.4 Å². The lowest BCUT2D eigenvalue weighted by molar-refractivity contribution is -0.121. The average molecular weight is 385 g/mol. The number of hydrogen-bond acceptors (Lipinski definition) is 6. The van der Waals surface area contributed by atoms with Crippen LogP contribution in [0.1, 0.15) is 43.4 Å². The van der Waals surface area contributed by atoms with Crippen molar-refractivity contribution in [2.75, 3.05) is 6.54 Å². The Morgan fingerprint density at radius 2 is 2.04 bits per heavy atom. The second-order valence-corrected chi connectivity index (χ2v) is 7.02. The first-order valence-corrected chi connectivity index (χ1v) is 9.11. The molecule has 2 amide bonds. The van der Waals surface area contributed by atoms with Gasteiger partial charge >= 0.3 is 0 Å². The Hall–Kier alpha value is -3.03. The van der Waals surface area contributed by atoms with Gasteiger partial charge in [0.15, 0.2) is 5.76 Å². The molecule has 1 radical (unpaired) electrons. The van der Waals surface area contributed by atoms with Gasteiger partial charge in [-0.1, -0.05) is 20.8 Å². The number of aromatic nitrogens is 2. The number of primary amides is 1. The molecule has 0 aromatic carbocycles. The van der Waals surface area contributed by atoms with Crippen LogP contribution in [0.2, 0.25) is 0 Å². The minimum atomic E-state index is -0.483. The minimum absolute atomic E-state index is 0.137. The average Bonchev–Trinajstić information content (AvgIpc) is 3.07. The molecular formula is C20H25N4O4. The van der Waals surface area contributed by atoms with Crippen LogP contribution in [-0.4, -0.2) is 34.1 Å². The summed E-state index contributed by atoms with van der Waals surface area (Å²) in [5.74, 6) is -1.02. The number of Topliss-reactive ketones (excluding diaryl/α,β-unsaturated/α-hetero) is 1. The Morgan fingerprint density at radius 3 is 2.64 bits per heavy atom. The number of oxazole rings is 1. The molecule has 3 N–H and O–H groups in total. The van der Waals surface area contributed by atoms with Crippen LogP contribution in [0.4, 0.5) is 0 Å². The van der Waals surface area contributed by atoms with Gasteiger partial charge in [0.2, 0.25) is 23.5 Å². The fourth-order valence-corrected chi connectivity index (χ4v) is 2.43. The van der Waals surface area contributed by atoms with Gasteiger partial charge < -0.3 is 15.5 Å². The summed E-state index contributed by atoms with van der Waals surface area (Å²) in [6.45, 7) is 5.43. The van der Waals surface area contributed by atoms with Crippen molar-refractivity contribution in [1.82, 2.24) is 15.3 Å². The Kier molecular flexibility index (Phi) is 7.43. The largest absolute Gasteiger partial charge is 0.433 e. The number of nitrogens with two attached hydrogens (primary N) is 1. The molecule has 149 valence electrons. The first-order valence-electron chi connectivity index (χ1n) is 9.11. The van der Waals surface area contributed by atoms with Crippen molar-refractivity contribution >= 4 is 17.6 Å². The van der Waals surface area contributed by atoms with E-state index in [2.05, 4.69) is 15.3 Å². The highest BCUT2D eigenvalue weighted by Gasteiger charge is 2.22. The molecule has 0 bridgehead atoms. The van der Waals surface area contributed by atoms with Crippen LogP contribution in [-0.2, 0) is 16.0 Å². The Balaban J connectivity index is 2.06. The summed E-state index contributed by atoms with van der Waals surface area (Å²) in [5.41, 5.74) is 6.38. The highest BCUT2D eigenvalue weighted by molar-refractivity contribution is 5.99. The summed E-state index contributed by atoms with van der Waals surface area (Å²) in [7, 11) is 0. The van der Waals surface area contributed by atoms with E-state index in [1.807, 2.05) is 13.8 Å². The molecule has 8 heteroatoms. The number of ketones is 1. The highest BCUT2D eigenvalue weighted by Crippen LogP contribution is 2.23. The summed E-state index contributed by atoms with van der Waals surface area (Å²) in [5, 5.41) is 2.51. The van der Waals surface area contributed by atoms with E-state index >= 15 is 0 Å². The zero-order valence-electron chi connectivity index (χ0n) is 16.3. The smallest absolute Gasteiger partial charge is 0.228 e. The molecule has 2 rings (SSSR count). The molecule has 0 aliphatic carbocycles. The summed E-state index contributed by atoms with van der Waals surface area (Å²) in [6.07, 6.45) is 5.33. The van der Waals surface area contributed by atoms with E-state index in [1.54, 1.807) is 31.5 Å². The van der Waals surface area contributed by atoms with Gasteiger partial charge in [0.1, 0.15) is 0 Å². The first kappa shape index (κ1) is 21.3. The van der Waals surface area contributed by atoms with Crippen molar-refractivity contribution in [2.24, 2.45) is 17.6 Å². The molecule has 1 unspecified atom stereocenters. The minimum Gasteiger partial charge on any atom is -0.433 e. The van der Waals surface area contributed by atoms with E-state index in [9.17, 15) is 14.4 Å². The van der Waals surface area contributed by atoms with Crippen LogP contribution in [0, 0.1) is 18.3 Å². The summed E-state index contributed by atoms with van der Waals surface area (Å²) < 4.78 is 5.70. The van der Waals surface area contributed by atoms with Gasteiger partial charge in [0.05, 0.1) is 24.2 Å². The predicted molar refractivity (Wildman–Crippen MR) is 103 cm³/mol. The van der Waals surface area contributed by atoms with Gasteiger partial charge in [0, 0.05) is 18.3 Å². The van der Waals surface area contributed by atoms with Crippen LogP contribution in [0.15, 0.2) is 28.9 Å². The van der Waals surface area contributed by atoms with Crippen LogP contribution >= 0.6 is 0 Å². The van der Waals surface area contributed by atoms with Crippen LogP contribution < -0.4 is 11.1 Å². The monoisotopic (exact) mass is 385 g/mol. The Labute approximate surface area is 163 Å².